The van der Waals surface area contributed by atoms with Gasteiger partial charge in [-0.05, 0) is 23.8 Å². The summed E-state index contributed by atoms with van der Waals surface area (Å²) in [4.78, 5) is 17.3. The zero-order valence-corrected chi connectivity index (χ0v) is 14.9. The van der Waals surface area contributed by atoms with E-state index in [1.807, 2.05) is 12.1 Å². The van der Waals surface area contributed by atoms with Crippen molar-refractivity contribution in [3.05, 3.63) is 71.1 Å². The van der Waals surface area contributed by atoms with E-state index in [-0.39, 0.29) is 12.3 Å². The number of nitrogens with one attached hydrogen (secondary N) is 1. The number of halogens is 2. The minimum Gasteiger partial charge on any atom is -0.300 e. The highest BCUT2D eigenvalue weighted by Crippen LogP contribution is 2.25. The van der Waals surface area contributed by atoms with E-state index in [0.29, 0.717) is 20.7 Å². The van der Waals surface area contributed by atoms with E-state index in [2.05, 4.69) is 15.4 Å². The van der Waals surface area contributed by atoms with E-state index in [4.69, 9.17) is 11.6 Å². The summed E-state index contributed by atoms with van der Waals surface area (Å²) < 4.78 is 15.2. The fourth-order valence-corrected chi connectivity index (χ4v) is 3.41. The molecule has 0 aliphatic heterocycles. The summed E-state index contributed by atoms with van der Waals surface area (Å²) in [6.45, 7) is 0. The summed E-state index contributed by atoms with van der Waals surface area (Å²) in [5.74, 6) is -0.728. The van der Waals surface area contributed by atoms with Crippen LogP contribution in [-0.2, 0) is 11.2 Å². The molecule has 130 valence electrons. The highest BCUT2D eigenvalue weighted by Gasteiger charge is 2.13. The first-order valence-corrected chi connectivity index (χ1v) is 8.93. The number of carbonyl (C=O) groups is 1. The van der Waals surface area contributed by atoms with Crippen molar-refractivity contribution < 1.29 is 9.18 Å². The van der Waals surface area contributed by atoms with Gasteiger partial charge >= 0.3 is 0 Å². The zero-order chi connectivity index (χ0) is 18.1. The zero-order valence-electron chi connectivity index (χ0n) is 13.3. The first-order valence-electron chi connectivity index (χ1n) is 7.74. The van der Waals surface area contributed by atoms with Gasteiger partial charge in [-0.3, -0.25) is 4.79 Å². The Kier molecular flexibility index (Phi) is 4.40. The van der Waals surface area contributed by atoms with Crippen LogP contribution >= 0.6 is 22.9 Å². The molecule has 2 heterocycles. The Morgan fingerprint density at radius 3 is 2.69 bits per heavy atom. The Morgan fingerprint density at radius 1 is 1.19 bits per heavy atom. The second-order valence-corrected chi connectivity index (χ2v) is 6.98. The molecule has 2 aromatic carbocycles. The summed E-state index contributed by atoms with van der Waals surface area (Å²) in [5.41, 5.74) is 2.04. The third kappa shape index (κ3) is 3.44. The van der Waals surface area contributed by atoms with Gasteiger partial charge in [0.2, 0.25) is 16.0 Å². The number of rotatable bonds is 4. The number of anilines is 1. The minimum absolute atomic E-state index is 0.0510. The van der Waals surface area contributed by atoms with Gasteiger partial charge in [-0.2, -0.15) is 0 Å². The molecule has 4 aromatic rings. The van der Waals surface area contributed by atoms with Gasteiger partial charge in [-0.15, -0.1) is 5.10 Å². The van der Waals surface area contributed by atoms with Crippen LogP contribution in [0.4, 0.5) is 9.52 Å². The lowest BCUT2D eigenvalue weighted by Crippen LogP contribution is -2.15. The van der Waals surface area contributed by atoms with Crippen LogP contribution in [-0.4, -0.2) is 20.5 Å². The summed E-state index contributed by atoms with van der Waals surface area (Å²) >= 11 is 7.14. The number of imidazole rings is 1. The average Bonchev–Trinajstić information content (AvgIpc) is 3.16. The lowest BCUT2D eigenvalue weighted by atomic mass is 10.1. The summed E-state index contributed by atoms with van der Waals surface area (Å²) in [5, 5.41) is 8.06. The quantitative estimate of drug-likeness (QED) is 0.564. The van der Waals surface area contributed by atoms with Crippen LogP contribution in [0, 0.1) is 5.82 Å². The lowest BCUT2D eigenvalue weighted by molar-refractivity contribution is -0.115. The number of benzene rings is 2. The van der Waals surface area contributed by atoms with Gasteiger partial charge in [0.25, 0.3) is 0 Å². The fourth-order valence-electron chi connectivity index (χ4n) is 2.49. The SMILES string of the molecule is O=C(Cc1ccccc1F)Nc1nn2cc(-c3ccc(Cl)cc3)nc2s1. The Balaban J connectivity index is 1.49. The molecular formula is C18H12ClFN4OS. The molecule has 0 radical (unpaired) electrons. The molecule has 0 unspecified atom stereocenters. The monoisotopic (exact) mass is 386 g/mol. The van der Waals surface area contributed by atoms with Crippen LogP contribution in [0.25, 0.3) is 16.2 Å². The highest BCUT2D eigenvalue weighted by atomic mass is 35.5. The standard InChI is InChI=1S/C18H12ClFN4OS/c19-13-7-5-11(6-8-13)15-10-24-18(21-15)26-17(23-24)22-16(25)9-12-3-1-2-4-14(12)20/h1-8,10H,9H2,(H,22,23,25). The van der Waals surface area contributed by atoms with Crippen LogP contribution in [0.3, 0.4) is 0 Å². The second-order valence-electron chi connectivity index (χ2n) is 5.58. The van der Waals surface area contributed by atoms with Crippen LogP contribution < -0.4 is 5.32 Å². The molecule has 0 atom stereocenters. The molecule has 4 rings (SSSR count). The molecule has 0 fully saturated rings. The molecule has 0 spiro atoms. The third-order valence-electron chi connectivity index (χ3n) is 3.74. The Morgan fingerprint density at radius 2 is 1.96 bits per heavy atom. The van der Waals surface area contributed by atoms with Gasteiger partial charge in [-0.25, -0.2) is 13.9 Å². The minimum atomic E-state index is -0.399. The number of amides is 1. The van der Waals surface area contributed by atoms with Crippen molar-refractivity contribution in [2.45, 2.75) is 6.42 Å². The predicted octanol–water partition coefficient (Wildman–Crippen LogP) is 4.43. The van der Waals surface area contributed by atoms with Crippen molar-refractivity contribution in [2.75, 3.05) is 5.32 Å². The normalized spacial score (nSPS) is 11.0. The number of fused-ring (bicyclic) bond motifs is 1. The van der Waals surface area contributed by atoms with Crippen molar-refractivity contribution in [3.8, 4) is 11.3 Å². The Hall–Kier alpha value is -2.77. The fraction of sp³-hybridized carbons (Fsp3) is 0.0556. The van der Waals surface area contributed by atoms with E-state index in [9.17, 15) is 9.18 Å². The maximum Gasteiger partial charge on any atom is 0.230 e. The summed E-state index contributed by atoms with van der Waals surface area (Å²) in [6, 6.07) is 13.6. The van der Waals surface area contributed by atoms with E-state index in [0.717, 1.165) is 11.3 Å². The molecule has 0 bridgehead atoms. The lowest BCUT2D eigenvalue weighted by Gasteiger charge is -2.02. The Bertz CT molecular complexity index is 1060. The molecule has 26 heavy (non-hydrogen) atoms. The molecule has 5 nitrogen and oxygen atoms in total. The van der Waals surface area contributed by atoms with Gasteiger partial charge in [0, 0.05) is 10.6 Å². The van der Waals surface area contributed by atoms with E-state index >= 15 is 0 Å². The summed E-state index contributed by atoms with van der Waals surface area (Å²) in [7, 11) is 0. The molecule has 0 saturated carbocycles. The van der Waals surface area contributed by atoms with E-state index in [1.54, 1.807) is 41.0 Å². The van der Waals surface area contributed by atoms with Crippen LogP contribution in [0.5, 0.6) is 0 Å². The number of hydrogen-bond donors (Lipinski definition) is 1. The van der Waals surface area contributed by atoms with Crippen LogP contribution in [0.2, 0.25) is 5.02 Å². The first kappa shape index (κ1) is 16.7. The molecular weight excluding hydrogens is 375 g/mol. The molecule has 1 amide bonds. The topological polar surface area (TPSA) is 59.3 Å². The van der Waals surface area contributed by atoms with Crippen molar-refractivity contribution in [1.82, 2.24) is 14.6 Å². The molecule has 8 heteroatoms. The van der Waals surface area contributed by atoms with Crippen LogP contribution in [0.1, 0.15) is 5.56 Å². The molecule has 2 aromatic heterocycles. The van der Waals surface area contributed by atoms with Crippen LogP contribution in [0.15, 0.2) is 54.7 Å². The van der Waals surface area contributed by atoms with Crippen molar-refractivity contribution in [1.29, 1.82) is 0 Å². The van der Waals surface area contributed by atoms with Gasteiger partial charge < -0.3 is 5.32 Å². The predicted molar refractivity (Wildman–Crippen MR) is 100 cm³/mol. The van der Waals surface area contributed by atoms with Gasteiger partial charge in [-0.1, -0.05) is 53.3 Å². The number of nitrogens with zero attached hydrogens (tertiary/aromatic N) is 3. The van der Waals surface area contributed by atoms with Crippen molar-refractivity contribution in [2.24, 2.45) is 0 Å². The van der Waals surface area contributed by atoms with E-state index in [1.165, 1.54) is 17.4 Å². The number of aromatic nitrogens is 3. The van der Waals surface area contributed by atoms with Crippen molar-refractivity contribution >= 4 is 38.9 Å². The first-order chi connectivity index (χ1) is 12.6. The number of hydrogen-bond acceptors (Lipinski definition) is 4. The van der Waals surface area contributed by atoms with Gasteiger partial charge in [0.1, 0.15) is 5.82 Å². The van der Waals surface area contributed by atoms with Gasteiger partial charge in [0.15, 0.2) is 0 Å². The number of carbonyl (C=O) groups excluding carboxylic acids is 1. The third-order valence-corrected chi connectivity index (χ3v) is 4.83. The molecule has 0 saturated heterocycles. The van der Waals surface area contributed by atoms with Crippen molar-refractivity contribution in [3.63, 3.8) is 0 Å². The molecule has 1 N–H and O–H groups in total. The van der Waals surface area contributed by atoms with Gasteiger partial charge in [0.05, 0.1) is 18.3 Å². The summed E-state index contributed by atoms with van der Waals surface area (Å²) in [6.07, 6.45) is 1.73. The second kappa shape index (κ2) is 6.86. The maximum absolute atomic E-state index is 13.6. The smallest absolute Gasteiger partial charge is 0.230 e. The maximum atomic E-state index is 13.6. The molecule has 0 aliphatic carbocycles. The van der Waals surface area contributed by atoms with E-state index < -0.39 is 5.82 Å². The average molecular weight is 387 g/mol. The Labute approximate surface area is 157 Å². The molecule has 0 aliphatic rings. The highest BCUT2D eigenvalue weighted by molar-refractivity contribution is 7.20. The largest absolute Gasteiger partial charge is 0.300 e.